The van der Waals surface area contributed by atoms with E-state index in [-0.39, 0.29) is 30.3 Å². The number of ether oxygens (including phenoxy) is 1. The van der Waals surface area contributed by atoms with Crippen LogP contribution < -0.4 is 10.6 Å². The zero-order chi connectivity index (χ0) is 26.9. The predicted molar refractivity (Wildman–Crippen MR) is 145 cm³/mol. The van der Waals surface area contributed by atoms with E-state index in [0.29, 0.717) is 17.7 Å². The highest BCUT2D eigenvalue weighted by molar-refractivity contribution is 5.99. The third kappa shape index (κ3) is 5.28. The number of hydrogen-bond acceptors (Lipinski definition) is 6. The smallest absolute Gasteiger partial charge is 0.249 e. The Bertz CT molecular complexity index is 1020. The Morgan fingerprint density at radius 1 is 1.14 bits per heavy atom. The van der Waals surface area contributed by atoms with Gasteiger partial charge in [0.05, 0.1) is 12.0 Å². The average Bonchev–Trinajstić information content (AvgIpc) is 3.44. The number of amides is 2. The Morgan fingerprint density at radius 3 is 2.43 bits per heavy atom. The number of nitrogens with two attached hydrogens (primary N) is 1. The van der Waals surface area contributed by atoms with Gasteiger partial charge >= 0.3 is 0 Å². The number of Topliss-reactive ketones (excluding diaryl/α,β-unsaturated/α-hetero) is 1. The molecule has 0 aliphatic carbocycles. The van der Waals surface area contributed by atoms with Crippen LogP contribution in [0.15, 0.2) is 18.2 Å². The molecule has 3 fully saturated rings. The first kappa shape index (κ1) is 27.6. The van der Waals surface area contributed by atoms with Gasteiger partial charge in [-0.2, -0.15) is 0 Å². The topological polar surface area (TPSA) is 96.2 Å². The van der Waals surface area contributed by atoms with Crippen LogP contribution in [0, 0.1) is 11.3 Å². The number of primary amides is 1. The lowest BCUT2D eigenvalue weighted by Crippen LogP contribution is -2.47. The molecule has 3 aliphatic rings. The fourth-order valence-corrected chi connectivity index (χ4v) is 6.40. The molecule has 0 radical (unpaired) electrons. The van der Waals surface area contributed by atoms with E-state index in [9.17, 15) is 14.4 Å². The molecular formula is C29H44N4O4. The third-order valence-electron chi connectivity index (χ3n) is 8.97. The lowest BCUT2D eigenvalue weighted by molar-refractivity contribution is -0.140. The summed E-state index contributed by atoms with van der Waals surface area (Å²) in [6.07, 6.45) is 2.37. The van der Waals surface area contributed by atoms with Crippen LogP contribution in [0.25, 0.3) is 0 Å². The lowest BCUT2D eigenvalue weighted by atomic mass is 9.71. The lowest BCUT2D eigenvalue weighted by Gasteiger charge is -2.39. The molecule has 2 N–H and O–H groups in total. The maximum Gasteiger partial charge on any atom is 0.249 e. The summed E-state index contributed by atoms with van der Waals surface area (Å²) in [6, 6.07) is 5.19. The molecule has 8 heteroatoms. The van der Waals surface area contributed by atoms with Gasteiger partial charge in [-0.05, 0) is 48.6 Å². The fourth-order valence-electron chi connectivity index (χ4n) is 6.40. The number of carbonyl (C=O) groups excluding carboxylic acids is 3. The molecule has 0 aromatic heterocycles. The quantitative estimate of drug-likeness (QED) is 0.546. The van der Waals surface area contributed by atoms with Gasteiger partial charge in [0.15, 0.2) is 5.78 Å². The highest BCUT2D eigenvalue weighted by atomic mass is 16.5. The van der Waals surface area contributed by atoms with Crippen molar-refractivity contribution in [1.82, 2.24) is 9.80 Å². The van der Waals surface area contributed by atoms with Crippen molar-refractivity contribution in [1.29, 1.82) is 0 Å². The minimum absolute atomic E-state index is 0.0253. The molecule has 3 heterocycles. The number of nitrogens with zero attached hydrogens (tertiary/aromatic N) is 3. The zero-order valence-corrected chi connectivity index (χ0v) is 23.2. The summed E-state index contributed by atoms with van der Waals surface area (Å²) in [5, 5.41) is 0. The molecule has 3 saturated heterocycles. The normalized spacial score (nSPS) is 25.4. The maximum absolute atomic E-state index is 14.5. The summed E-state index contributed by atoms with van der Waals surface area (Å²) in [6.45, 7) is 15.8. The van der Waals surface area contributed by atoms with Crippen molar-refractivity contribution in [2.75, 3.05) is 50.8 Å². The Labute approximate surface area is 221 Å². The number of rotatable bonds is 9. The first-order valence-electron chi connectivity index (χ1n) is 14.0. The summed E-state index contributed by atoms with van der Waals surface area (Å²) >= 11 is 0. The molecule has 0 bridgehead atoms. The predicted octanol–water partition coefficient (Wildman–Crippen LogP) is 3.04. The molecule has 2 amide bonds. The van der Waals surface area contributed by atoms with E-state index in [1.54, 1.807) is 11.0 Å². The molecule has 37 heavy (non-hydrogen) atoms. The van der Waals surface area contributed by atoms with Gasteiger partial charge in [0, 0.05) is 49.9 Å². The molecule has 1 aromatic rings. The molecular weight excluding hydrogens is 468 g/mol. The summed E-state index contributed by atoms with van der Waals surface area (Å²) in [5.41, 5.74) is 7.46. The Kier molecular flexibility index (Phi) is 8.29. The minimum Gasteiger partial charge on any atom is -0.369 e. The van der Waals surface area contributed by atoms with Crippen molar-refractivity contribution >= 4 is 23.3 Å². The molecule has 8 nitrogen and oxygen atoms in total. The number of fused-ring (bicyclic) bond motifs is 1. The molecule has 4 atom stereocenters. The maximum atomic E-state index is 14.5. The third-order valence-corrected chi connectivity index (χ3v) is 8.97. The SMILES string of the molecule is CCC[C@@H]1CN(C(=O)[C@H](c2cc(N3CCN(CC)CC3)ccc2C(N)=O)C(C)(C)CC)[C@@H]2C(=O)CO[C@H]12. The van der Waals surface area contributed by atoms with E-state index < -0.39 is 23.3 Å². The van der Waals surface area contributed by atoms with E-state index in [0.717, 1.165) is 57.7 Å². The van der Waals surface area contributed by atoms with E-state index in [2.05, 4.69) is 44.4 Å². The van der Waals surface area contributed by atoms with Crippen molar-refractivity contribution in [2.24, 2.45) is 17.1 Å². The molecule has 0 spiro atoms. The molecule has 3 aliphatic heterocycles. The first-order chi connectivity index (χ1) is 17.6. The van der Waals surface area contributed by atoms with Crippen molar-refractivity contribution in [3.63, 3.8) is 0 Å². The number of piperazine rings is 1. The summed E-state index contributed by atoms with van der Waals surface area (Å²) in [5.74, 6) is -1.12. The van der Waals surface area contributed by atoms with Gasteiger partial charge in [-0.25, -0.2) is 0 Å². The highest BCUT2D eigenvalue weighted by Gasteiger charge is 2.54. The summed E-state index contributed by atoms with van der Waals surface area (Å²) in [4.78, 5) is 46.5. The monoisotopic (exact) mass is 512 g/mol. The Morgan fingerprint density at radius 2 is 1.84 bits per heavy atom. The zero-order valence-electron chi connectivity index (χ0n) is 23.2. The standard InChI is InChI=1S/C29H44N4O4/c1-6-9-19-17-33(25-23(34)18-37-26(19)25)28(36)24(29(4,5)7-2)22-16-20(10-11-21(22)27(30)35)32-14-12-31(8-3)13-15-32/h10-11,16,19,24-26H,6-9,12-15,17-18H2,1-5H3,(H2,30,35)/t19-,24+,25-,26-/m1/s1. The largest absolute Gasteiger partial charge is 0.369 e. The van der Waals surface area contributed by atoms with Crippen LogP contribution in [0.4, 0.5) is 5.69 Å². The van der Waals surface area contributed by atoms with Gasteiger partial charge in [0.2, 0.25) is 11.8 Å². The van der Waals surface area contributed by atoms with Gasteiger partial charge < -0.3 is 25.2 Å². The van der Waals surface area contributed by atoms with E-state index >= 15 is 0 Å². The first-order valence-corrected chi connectivity index (χ1v) is 14.0. The van der Waals surface area contributed by atoms with Gasteiger partial charge in [-0.15, -0.1) is 0 Å². The van der Waals surface area contributed by atoms with Crippen LogP contribution in [0.3, 0.4) is 0 Å². The number of ketones is 1. The van der Waals surface area contributed by atoms with Crippen LogP contribution >= 0.6 is 0 Å². The van der Waals surface area contributed by atoms with Gasteiger partial charge in [0.25, 0.3) is 0 Å². The average molecular weight is 513 g/mol. The van der Waals surface area contributed by atoms with E-state index in [1.165, 1.54) is 0 Å². The number of hydrogen-bond donors (Lipinski definition) is 1. The van der Waals surface area contributed by atoms with Crippen molar-refractivity contribution in [3.05, 3.63) is 29.3 Å². The Balaban J connectivity index is 1.75. The molecule has 0 saturated carbocycles. The van der Waals surface area contributed by atoms with Crippen LogP contribution in [0.1, 0.15) is 75.7 Å². The van der Waals surface area contributed by atoms with Crippen LogP contribution in [-0.2, 0) is 14.3 Å². The van der Waals surface area contributed by atoms with Crippen LogP contribution in [0.2, 0.25) is 0 Å². The van der Waals surface area contributed by atoms with Crippen molar-refractivity contribution in [3.8, 4) is 0 Å². The van der Waals surface area contributed by atoms with Gasteiger partial charge in [0.1, 0.15) is 12.6 Å². The molecule has 1 aromatic carbocycles. The Hall–Kier alpha value is -2.45. The highest BCUT2D eigenvalue weighted by Crippen LogP contribution is 2.45. The van der Waals surface area contributed by atoms with E-state index in [1.807, 2.05) is 12.1 Å². The molecule has 4 rings (SSSR count). The molecule has 0 unspecified atom stereocenters. The number of carbonyl (C=O) groups is 3. The van der Waals surface area contributed by atoms with Crippen molar-refractivity contribution in [2.45, 2.75) is 71.9 Å². The number of anilines is 1. The fraction of sp³-hybridized carbons (Fsp3) is 0.690. The second kappa shape index (κ2) is 11.1. The van der Waals surface area contributed by atoms with Crippen LogP contribution in [-0.4, -0.2) is 85.4 Å². The van der Waals surface area contributed by atoms with Gasteiger partial charge in [-0.1, -0.05) is 41.0 Å². The number of likely N-dealkylation sites (tertiary alicyclic amines) is 1. The number of likely N-dealkylation sites (N-methyl/N-ethyl adjacent to an activating group) is 1. The van der Waals surface area contributed by atoms with Crippen LogP contribution in [0.5, 0.6) is 0 Å². The summed E-state index contributed by atoms with van der Waals surface area (Å²) < 4.78 is 5.88. The van der Waals surface area contributed by atoms with Gasteiger partial charge in [-0.3, -0.25) is 14.4 Å². The second-order valence-corrected chi connectivity index (χ2v) is 11.6. The van der Waals surface area contributed by atoms with Crippen molar-refractivity contribution < 1.29 is 19.1 Å². The minimum atomic E-state index is -0.605. The summed E-state index contributed by atoms with van der Waals surface area (Å²) in [7, 11) is 0. The number of benzene rings is 1. The van der Waals surface area contributed by atoms with E-state index in [4.69, 9.17) is 10.5 Å². The molecule has 204 valence electrons. The second-order valence-electron chi connectivity index (χ2n) is 11.6.